The van der Waals surface area contributed by atoms with E-state index in [0.29, 0.717) is 19.3 Å². The van der Waals surface area contributed by atoms with E-state index in [0.717, 1.165) is 54.5 Å². The van der Waals surface area contributed by atoms with E-state index >= 15 is 0 Å². The van der Waals surface area contributed by atoms with Gasteiger partial charge in [-0.2, -0.15) is 0 Å². The van der Waals surface area contributed by atoms with Crippen LogP contribution in [0.4, 0.5) is 0 Å². The van der Waals surface area contributed by atoms with Crippen LogP contribution in [0.15, 0.2) is 18.2 Å². The van der Waals surface area contributed by atoms with Gasteiger partial charge in [-0.15, -0.1) is 21.5 Å². The molecule has 0 N–H and O–H groups in total. The smallest absolute Gasteiger partial charge is 0.225 e. The number of amides is 3. The first-order chi connectivity index (χ1) is 26.7. The largest absolute Gasteiger partial charge is 0.382 e. The van der Waals surface area contributed by atoms with Gasteiger partial charge >= 0.3 is 0 Å². The minimum Gasteiger partial charge on any atom is -0.382 e. The molecule has 56 heavy (non-hydrogen) atoms. The van der Waals surface area contributed by atoms with Crippen molar-refractivity contribution in [3.05, 3.63) is 39.6 Å². The van der Waals surface area contributed by atoms with Crippen molar-refractivity contribution in [2.45, 2.75) is 162 Å². The van der Waals surface area contributed by atoms with Crippen molar-refractivity contribution in [1.29, 1.82) is 0 Å². The molecule has 0 aromatic carbocycles. The van der Waals surface area contributed by atoms with Crippen molar-refractivity contribution in [3.8, 4) is 0 Å². The number of carbonyl (C=O) groups is 3. The third-order valence-corrected chi connectivity index (χ3v) is 7.92. The summed E-state index contributed by atoms with van der Waals surface area (Å²) in [4.78, 5) is 46.2. The van der Waals surface area contributed by atoms with Gasteiger partial charge < -0.3 is 24.2 Å². The quantitative estimate of drug-likeness (QED) is 0.182. The van der Waals surface area contributed by atoms with Crippen LogP contribution >= 0.6 is 11.3 Å². The zero-order valence-corrected chi connectivity index (χ0v) is 39.6. The van der Waals surface area contributed by atoms with E-state index in [-0.39, 0.29) is 37.7 Å². The molecule has 0 radical (unpaired) electrons. The summed E-state index contributed by atoms with van der Waals surface area (Å²) in [5, 5.41) is 9.65. The number of pyridine rings is 1. The predicted octanol–water partition coefficient (Wildman–Crippen LogP) is 9.81. The highest BCUT2D eigenvalue weighted by molar-refractivity contribution is 7.11. The van der Waals surface area contributed by atoms with Crippen LogP contribution in [-0.2, 0) is 23.9 Å². The molecule has 1 fully saturated rings. The van der Waals surface area contributed by atoms with Gasteiger partial charge in [0.2, 0.25) is 17.7 Å². The molecule has 0 atom stereocenters. The molecule has 2 aromatic rings. The minimum atomic E-state index is -0.0440. The molecular formula is C43H85N7O5S. The van der Waals surface area contributed by atoms with E-state index in [1.54, 1.807) is 46.8 Å². The van der Waals surface area contributed by atoms with Crippen LogP contribution in [0.25, 0.3) is 0 Å². The highest BCUT2D eigenvalue weighted by atomic mass is 32.1. The third-order valence-electron chi connectivity index (χ3n) is 7.17. The molecule has 1 saturated heterocycles. The summed E-state index contributed by atoms with van der Waals surface area (Å²) < 4.78 is 10.1. The van der Waals surface area contributed by atoms with E-state index in [9.17, 15) is 14.4 Å². The van der Waals surface area contributed by atoms with Gasteiger partial charge in [-0.1, -0.05) is 93.6 Å². The predicted molar refractivity (Wildman–Crippen MR) is 236 cm³/mol. The van der Waals surface area contributed by atoms with Crippen molar-refractivity contribution in [1.82, 2.24) is 34.8 Å². The van der Waals surface area contributed by atoms with Gasteiger partial charge in [-0.25, -0.2) is 0 Å². The SMILES string of the molecule is CCC.CCC(=O)N1CN(C(=O)CC)CN(C(=O)CC)C1.CCCCC.CCCCN(C)[11CH2]OCC.CCOCC.Cc1cccc(C)n1.Cc1nnc(C)s1. The number of rotatable bonds is 13. The normalized spacial score (nSPS) is 11.3. The summed E-state index contributed by atoms with van der Waals surface area (Å²) >= 11 is 1.62. The molecule has 1 aliphatic rings. The molecule has 12 nitrogen and oxygen atoms in total. The molecule has 3 rings (SSSR count). The zero-order chi connectivity index (χ0) is 43.7. The Morgan fingerprint density at radius 2 is 0.982 bits per heavy atom. The molecule has 0 unspecified atom stereocenters. The fraction of sp³-hybridized carbons (Fsp3) is 0.767. The van der Waals surface area contributed by atoms with Crippen LogP contribution in [0.5, 0.6) is 0 Å². The average Bonchev–Trinajstić information content (AvgIpc) is 3.58. The maximum absolute atomic E-state index is 11.7. The van der Waals surface area contributed by atoms with Crippen LogP contribution in [-0.4, -0.2) is 113 Å². The van der Waals surface area contributed by atoms with Crippen molar-refractivity contribution in [3.63, 3.8) is 0 Å². The second-order valence-electron chi connectivity index (χ2n) is 12.9. The van der Waals surface area contributed by atoms with E-state index < -0.39 is 0 Å². The number of aryl methyl sites for hydroxylation is 4. The standard InChI is InChI=1S/C12H21N3O3.C8H19NO.C7H9N.C5H12.C4H6N2S.C4H10O.C3H8/c1-4-10(16)13-7-14(11(17)5-2)9-15(8-13)12(18)6-3;1-4-6-7-9(3)8-10-5-2;1-6-4-3-5-7(2)8-6;1-3-5-4-2;1-3-5-6-4(2)7-3;1-3-5-4-2;1-3-2/h4-9H2,1-3H3;4-8H2,1-3H3;3-5H,1-2H3;3-5H2,1-2H3;1-2H3;3-4H2,1-2H3;3H2,1-2H3/i;8-1;;;;;. The van der Waals surface area contributed by atoms with E-state index in [4.69, 9.17) is 9.47 Å². The summed E-state index contributed by atoms with van der Waals surface area (Å²) in [6.45, 7) is 35.4. The lowest BCUT2D eigenvalue weighted by Gasteiger charge is -2.42. The Kier molecular flexibility index (Phi) is 46.0. The minimum absolute atomic E-state index is 0.0440. The second-order valence-corrected chi connectivity index (χ2v) is 14.3. The Balaban J connectivity index is -0.000000305. The molecule has 0 bridgehead atoms. The first-order valence-corrected chi connectivity index (χ1v) is 21.8. The first-order valence-electron chi connectivity index (χ1n) is 21.0. The summed E-state index contributed by atoms with van der Waals surface area (Å²) in [5.74, 6) is -0.132. The van der Waals surface area contributed by atoms with Crippen LogP contribution in [0.1, 0.15) is 155 Å². The number of unbranched alkanes of at least 4 members (excludes halogenated alkanes) is 3. The number of aromatic nitrogens is 3. The number of hydrogen-bond acceptors (Lipinski definition) is 10. The Hall–Kier alpha value is -3.00. The molecule has 0 aliphatic carbocycles. The Bertz CT molecular complexity index is 1070. The van der Waals surface area contributed by atoms with Gasteiger partial charge in [0.1, 0.15) is 10.0 Å². The van der Waals surface area contributed by atoms with Gasteiger partial charge in [-0.05, 0) is 80.6 Å². The first kappa shape index (κ1) is 59.7. The highest BCUT2D eigenvalue weighted by Crippen LogP contribution is 2.11. The molecule has 3 amide bonds. The molecule has 0 spiro atoms. The Labute approximate surface area is 348 Å². The second kappa shape index (κ2) is 43.1. The van der Waals surface area contributed by atoms with Crippen LogP contribution in [0.2, 0.25) is 0 Å². The van der Waals surface area contributed by atoms with Gasteiger partial charge in [0.25, 0.3) is 0 Å². The molecule has 13 heteroatoms. The van der Waals surface area contributed by atoms with Gasteiger partial charge in [0, 0.05) is 50.5 Å². The van der Waals surface area contributed by atoms with Crippen molar-refractivity contribution < 1.29 is 23.9 Å². The lowest BCUT2D eigenvalue weighted by atomic mass is 10.2. The van der Waals surface area contributed by atoms with Crippen molar-refractivity contribution in [2.75, 3.05) is 60.1 Å². The van der Waals surface area contributed by atoms with Gasteiger partial charge in [0.05, 0.1) is 26.7 Å². The molecule has 2 aromatic heterocycles. The van der Waals surface area contributed by atoms with E-state index in [2.05, 4.69) is 61.7 Å². The maximum Gasteiger partial charge on any atom is 0.225 e. The number of nitrogens with zero attached hydrogens (tertiary/aromatic N) is 7. The van der Waals surface area contributed by atoms with Crippen molar-refractivity contribution >= 4 is 29.1 Å². The Morgan fingerprint density at radius 3 is 1.18 bits per heavy atom. The topological polar surface area (TPSA) is 121 Å². The number of carbonyl (C=O) groups excluding carboxylic acids is 3. The number of hydrogen-bond donors (Lipinski definition) is 0. The highest BCUT2D eigenvalue weighted by Gasteiger charge is 2.29. The van der Waals surface area contributed by atoms with E-state index in [1.165, 1.54) is 38.5 Å². The fourth-order valence-electron chi connectivity index (χ4n) is 4.27. The molecule has 3 heterocycles. The monoisotopic (exact) mass is 811 g/mol. The van der Waals surface area contributed by atoms with Crippen LogP contribution in [0.3, 0.4) is 0 Å². The van der Waals surface area contributed by atoms with Crippen LogP contribution in [0, 0.1) is 27.7 Å². The summed E-state index contributed by atoms with van der Waals surface area (Å²) in [5.41, 5.74) is 2.18. The average molecular weight is 811 g/mol. The maximum atomic E-state index is 11.7. The summed E-state index contributed by atoms with van der Waals surface area (Å²) in [7, 11) is 2.09. The molecule has 0 saturated carbocycles. The Morgan fingerprint density at radius 1 is 0.625 bits per heavy atom. The summed E-state index contributed by atoms with van der Waals surface area (Å²) in [6, 6.07) is 6.00. The lowest BCUT2D eigenvalue weighted by molar-refractivity contribution is -0.158. The van der Waals surface area contributed by atoms with Gasteiger partial charge in [0.15, 0.2) is 0 Å². The molecular weight excluding hydrogens is 726 g/mol. The van der Waals surface area contributed by atoms with Crippen molar-refractivity contribution in [2.24, 2.45) is 0 Å². The van der Waals surface area contributed by atoms with Gasteiger partial charge in [-0.3, -0.25) is 24.3 Å². The lowest BCUT2D eigenvalue weighted by Crippen LogP contribution is -2.59. The van der Waals surface area contributed by atoms with E-state index in [1.807, 2.05) is 66.7 Å². The molecule has 1 aliphatic heterocycles. The summed E-state index contributed by atoms with van der Waals surface area (Å²) in [6.07, 6.45) is 8.99. The van der Waals surface area contributed by atoms with Crippen LogP contribution < -0.4 is 0 Å². The molecule has 328 valence electrons. The zero-order valence-electron chi connectivity index (χ0n) is 38.8. The fourth-order valence-corrected chi connectivity index (χ4v) is 4.86. The number of ether oxygens (including phenoxy) is 2. The third kappa shape index (κ3) is 37.9.